The first-order chi connectivity index (χ1) is 9.54. The van der Waals surface area contributed by atoms with Gasteiger partial charge in [0.1, 0.15) is 0 Å². The number of nitrogens with one attached hydrogen (secondary N) is 1. The normalized spacial score (nSPS) is 13.2. The Bertz CT molecular complexity index is 741. The van der Waals surface area contributed by atoms with Crippen molar-refractivity contribution >= 4 is 39.2 Å². The molecule has 1 atom stereocenters. The SMILES string of the molecule is Cc1cn2c(CNC(C)c3ccc(Cl)s3)c(C)nc2s1. The molecule has 0 radical (unpaired) electrons. The van der Waals surface area contributed by atoms with Gasteiger partial charge in [0.05, 0.1) is 15.7 Å². The summed E-state index contributed by atoms with van der Waals surface area (Å²) >= 11 is 9.35. The Labute approximate surface area is 131 Å². The van der Waals surface area contributed by atoms with Gasteiger partial charge in [-0.15, -0.1) is 22.7 Å². The van der Waals surface area contributed by atoms with E-state index in [1.807, 2.05) is 6.07 Å². The summed E-state index contributed by atoms with van der Waals surface area (Å²) in [4.78, 5) is 8.23. The molecule has 106 valence electrons. The molecule has 0 fully saturated rings. The Kier molecular flexibility index (Phi) is 3.86. The molecular weight excluding hydrogens is 310 g/mol. The van der Waals surface area contributed by atoms with Crippen molar-refractivity contribution in [2.45, 2.75) is 33.4 Å². The summed E-state index contributed by atoms with van der Waals surface area (Å²) in [6.45, 7) is 7.15. The van der Waals surface area contributed by atoms with Crippen LogP contribution in [0.2, 0.25) is 4.34 Å². The predicted octanol–water partition coefficient (Wildman–Crippen LogP) is 4.58. The lowest BCUT2D eigenvalue weighted by Gasteiger charge is -2.12. The van der Waals surface area contributed by atoms with E-state index in [9.17, 15) is 0 Å². The summed E-state index contributed by atoms with van der Waals surface area (Å²) in [6, 6.07) is 4.32. The lowest BCUT2D eigenvalue weighted by atomic mass is 10.2. The van der Waals surface area contributed by atoms with Crippen molar-refractivity contribution in [2.75, 3.05) is 0 Å². The maximum atomic E-state index is 5.99. The Hall–Kier alpha value is -0.880. The van der Waals surface area contributed by atoms with E-state index in [2.05, 4.69) is 47.7 Å². The zero-order valence-corrected chi connectivity index (χ0v) is 14.0. The molecule has 0 bridgehead atoms. The second-order valence-corrected chi connectivity index (χ2v) is 7.84. The van der Waals surface area contributed by atoms with Crippen LogP contribution < -0.4 is 5.32 Å². The summed E-state index contributed by atoms with van der Waals surface area (Å²) in [6.07, 6.45) is 2.16. The van der Waals surface area contributed by atoms with Crippen LogP contribution in [0.1, 0.15) is 34.1 Å². The van der Waals surface area contributed by atoms with Crippen LogP contribution in [-0.4, -0.2) is 9.38 Å². The van der Waals surface area contributed by atoms with E-state index < -0.39 is 0 Å². The average Bonchev–Trinajstić information content (AvgIpc) is 3.02. The number of aromatic nitrogens is 2. The second-order valence-electron chi connectivity index (χ2n) is 4.88. The van der Waals surface area contributed by atoms with Crippen LogP contribution in [0.15, 0.2) is 18.3 Å². The minimum atomic E-state index is 0.289. The molecule has 0 aliphatic rings. The van der Waals surface area contributed by atoms with Gasteiger partial charge in [-0.05, 0) is 32.9 Å². The topological polar surface area (TPSA) is 29.3 Å². The number of aryl methyl sites for hydroxylation is 2. The summed E-state index contributed by atoms with van der Waals surface area (Å²) in [5.41, 5.74) is 2.33. The minimum absolute atomic E-state index is 0.289. The van der Waals surface area contributed by atoms with E-state index in [4.69, 9.17) is 11.6 Å². The quantitative estimate of drug-likeness (QED) is 0.761. The number of hydrogen-bond acceptors (Lipinski definition) is 4. The third-order valence-electron chi connectivity index (χ3n) is 3.34. The molecule has 0 saturated carbocycles. The fraction of sp³-hybridized carbons (Fsp3) is 0.357. The summed E-state index contributed by atoms with van der Waals surface area (Å²) in [7, 11) is 0. The Balaban J connectivity index is 1.78. The highest BCUT2D eigenvalue weighted by Crippen LogP contribution is 2.27. The standard InChI is InChI=1S/C14H16ClN3S2/c1-8-7-18-11(9(2)17-14(18)19-8)6-16-10(3)12-4-5-13(15)20-12/h4-5,7,10,16H,6H2,1-3H3. The lowest BCUT2D eigenvalue weighted by molar-refractivity contribution is 0.572. The van der Waals surface area contributed by atoms with Gasteiger partial charge in [0.15, 0.2) is 4.96 Å². The number of nitrogens with zero attached hydrogens (tertiary/aromatic N) is 2. The molecule has 3 nitrogen and oxygen atoms in total. The van der Waals surface area contributed by atoms with Crippen LogP contribution in [-0.2, 0) is 6.54 Å². The smallest absolute Gasteiger partial charge is 0.194 e. The minimum Gasteiger partial charge on any atom is -0.304 e. The van der Waals surface area contributed by atoms with Gasteiger partial charge in [-0.3, -0.25) is 4.40 Å². The van der Waals surface area contributed by atoms with Gasteiger partial charge < -0.3 is 5.32 Å². The zero-order chi connectivity index (χ0) is 14.3. The van der Waals surface area contributed by atoms with Crippen molar-refractivity contribution < 1.29 is 0 Å². The van der Waals surface area contributed by atoms with Crippen LogP contribution >= 0.6 is 34.3 Å². The Morgan fingerprint density at radius 2 is 2.15 bits per heavy atom. The predicted molar refractivity (Wildman–Crippen MR) is 87.1 cm³/mol. The number of rotatable bonds is 4. The maximum Gasteiger partial charge on any atom is 0.194 e. The fourth-order valence-corrected chi connectivity index (χ4v) is 4.21. The van der Waals surface area contributed by atoms with Gasteiger partial charge in [-0.2, -0.15) is 0 Å². The maximum absolute atomic E-state index is 5.99. The number of thiazole rings is 1. The largest absolute Gasteiger partial charge is 0.304 e. The molecule has 20 heavy (non-hydrogen) atoms. The van der Waals surface area contributed by atoms with E-state index in [-0.39, 0.29) is 6.04 Å². The first-order valence-electron chi connectivity index (χ1n) is 6.47. The number of fused-ring (bicyclic) bond motifs is 1. The Morgan fingerprint density at radius 1 is 1.35 bits per heavy atom. The first kappa shape index (κ1) is 14.1. The van der Waals surface area contributed by atoms with E-state index >= 15 is 0 Å². The molecule has 3 heterocycles. The number of thiophene rings is 1. The molecular formula is C14H16ClN3S2. The van der Waals surface area contributed by atoms with Gasteiger partial charge in [0.25, 0.3) is 0 Å². The van der Waals surface area contributed by atoms with Crippen molar-refractivity contribution in [1.82, 2.24) is 14.7 Å². The van der Waals surface area contributed by atoms with E-state index in [1.54, 1.807) is 22.7 Å². The van der Waals surface area contributed by atoms with E-state index in [0.29, 0.717) is 0 Å². The van der Waals surface area contributed by atoms with Crippen LogP contribution in [0.5, 0.6) is 0 Å². The van der Waals surface area contributed by atoms with Gasteiger partial charge in [0.2, 0.25) is 0 Å². The highest BCUT2D eigenvalue weighted by atomic mass is 35.5. The van der Waals surface area contributed by atoms with Crippen LogP contribution in [0.3, 0.4) is 0 Å². The highest BCUT2D eigenvalue weighted by Gasteiger charge is 2.13. The third kappa shape index (κ3) is 2.63. The van der Waals surface area contributed by atoms with Gasteiger partial charge in [-0.1, -0.05) is 11.6 Å². The molecule has 3 aromatic heterocycles. The molecule has 6 heteroatoms. The van der Waals surface area contributed by atoms with Crippen molar-refractivity contribution in [3.05, 3.63) is 43.8 Å². The average molecular weight is 326 g/mol. The van der Waals surface area contributed by atoms with Gasteiger partial charge in [-0.25, -0.2) is 4.98 Å². The Morgan fingerprint density at radius 3 is 2.85 bits per heavy atom. The van der Waals surface area contributed by atoms with Crippen LogP contribution in [0.25, 0.3) is 4.96 Å². The van der Waals surface area contributed by atoms with Crippen LogP contribution in [0.4, 0.5) is 0 Å². The molecule has 0 amide bonds. The molecule has 0 aliphatic heterocycles. The van der Waals surface area contributed by atoms with Crippen LogP contribution in [0, 0.1) is 13.8 Å². The monoisotopic (exact) mass is 325 g/mol. The van der Waals surface area contributed by atoms with Crippen molar-refractivity contribution in [3.8, 4) is 0 Å². The van der Waals surface area contributed by atoms with Crippen molar-refractivity contribution in [2.24, 2.45) is 0 Å². The van der Waals surface area contributed by atoms with Crippen molar-refractivity contribution in [3.63, 3.8) is 0 Å². The first-order valence-corrected chi connectivity index (χ1v) is 8.48. The van der Waals surface area contributed by atoms with Gasteiger partial charge >= 0.3 is 0 Å². The molecule has 3 aromatic rings. The molecule has 3 rings (SSSR count). The summed E-state index contributed by atoms with van der Waals surface area (Å²) in [5, 5.41) is 3.55. The number of hydrogen-bond donors (Lipinski definition) is 1. The molecule has 0 spiro atoms. The van der Waals surface area contributed by atoms with Gasteiger partial charge in [0, 0.05) is 28.5 Å². The fourth-order valence-electron chi connectivity index (χ4n) is 2.23. The molecule has 0 aliphatic carbocycles. The summed E-state index contributed by atoms with van der Waals surface area (Å²) < 4.78 is 3.03. The number of halogens is 1. The molecule has 0 saturated heterocycles. The summed E-state index contributed by atoms with van der Waals surface area (Å²) in [5.74, 6) is 0. The molecule has 1 N–H and O–H groups in total. The molecule has 1 unspecified atom stereocenters. The van der Waals surface area contributed by atoms with E-state index in [0.717, 1.165) is 21.5 Å². The van der Waals surface area contributed by atoms with E-state index in [1.165, 1.54) is 15.4 Å². The second kappa shape index (κ2) is 5.48. The zero-order valence-electron chi connectivity index (χ0n) is 11.6. The lowest BCUT2D eigenvalue weighted by Crippen LogP contribution is -2.18. The number of imidazole rings is 1. The van der Waals surface area contributed by atoms with Crippen molar-refractivity contribution in [1.29, 1.82) is 0 Å². The molecule has 0 aromatic carbocycles. The third-order valence-corrected chi connectivity index (χ3v) is 5.65. The highest BCUT2D eigenvalue weighted by molar-refractivity contribution is 7.17.